The Morgan fingerprint density at radius 3 is 2.78 bits per heavy atom. The molecule has 2 rings (SSSR count). The van der Waals surface area contributed by atoms with Crippen molar-refractivity contribution in [3.05, 3.63) is 41.2 Å². The van der Waals surface area contributed by atoms with Crippen molar-refractivity contribution in [2.24, 2.45) is 0 Å². The van der Waals surface area contributed by atoms with Crippen molar-refractivity contribution in [1.82, 2.24) is 9.97 Å². The van der Waals surface area contributed by atoms with E-state index in [-0.39, 0.29) is 5.92 Å². The Kier molecular flexibility index (Phi) is 3.87. The van der Waals surface area contributed by atoms with Crippen LogP contribution in [-0.4, -0.2) is 17.0 Å². The largest absolute Gasteiger partial charge is 0.472 e. The zero-order valence-electron chi connectivity index (χ0n) is 10.7. The highest BCUT2D eigenvalue weighted by atomic mass is 35.5. The summed E-state index contributed by atoms with van der Waals surface area (Å²) in [5.74, 6) is 1.15. The zero-order chi connectivity index (χ0) is 13.1. The molecule has 0 unspecified atom stereocenters. The lowest BCUT2D eigenvalue weighted by Crippen LogP contribution is -2.20. The molecule has 0 aliphatic carbocycles. The van der Waals surface area contributed by atoms with Crippen molar-refractivity contribution < 1.29 is 4.42 Å². The number of halogens is 1. The first kappa shape index (κ1) is 12.9. The molecule has 0 aliphatic rings. The van der Waals surface area contributed by atoms with Crippen molar-refractivity contribution in [1.29, 1.82) is 0 Å². The van der Waals surface area contributed by atoms with Crippen molar-refractivity contribution >= 4 is 17.4 Å². The molecule has 0 aliphatic heterocycles. The van der Waals surface area contributed by atoms with Gasteiger partial charge in [0.1, 0.15) is 17.3 Å². The summed E-state index contributed by atoms with van der Waals surface area (Å²) in [6.45, 7) is 4.89. The van der Waals surface area contributed by atoms with Gasteiger partial charge in [-0.3, -0.25) is 0 Å². The molecule has 0 radical (unpaired) electrons. The van der Waals surface area contributed by atoms with Crippen molar-refractivity contribution in [2.75, 3.05) is 11.9 Å². The lowest BCUT2D eigenvalue weighted by atomic mass is 10.1. The standard InChI is InChI=1S/C13H16ClN3O/c1-9(2)11-12(14)15-8-16-13(11)17(3)6-10-4-5-18-7-10/h4-5,7-9H,6H2,1-3H3. The minimum absolute atomic E-state index is 0.278. The summed E-state index contributed by atoms with van der Waals surface area (Å²) in [7, 11) is 1.98. The number of anilines is 1. The van der Waals surface area contributed by atoms with Crippen LogP contribution in [0.15, 0.2) is 29.3 Å². The molecule has 2 heterocycles. The highest BCUT2D eigenvalue weighted by Crippen LogP contribution is 2.30. The Balaban J connectivity index is 2.29. The number of aromatic nitrogens is 2. The summed E-state index contributed by atoms with van der Waals surface area (Å²) in [6.07, 6.45) is 4.89. The number of hydrogen-bond donors (Lipinski definition) is 0. The van der Waals surface area contributed by atoms with Gasteiger partial charge in [0.2, 0.25) is 0 Å². The minimum Gasteiger partial charge on any atom is -0.472 e. The van der Waals surface area contributed by atoms with E-state index in [9.17, 15) is 0 Å². The van der Waals surface area contributed by atoms with Crippen LogP contribution in [0.4, 0.5) is 5.82 Å². The van der Waals surface area contributed by atoms with Gasteiger partial charge in [0.15, 0.2) is 0 Å². The number of hydrogen-bond acceptors (Lipinski definition) is 4. The van der Waals surface area contributed by atoms with Crippen LogP contribution in [-0.2, 0) is 6.54 Å². The van der Waals surface area contributed by atoms with Crippen LogP contribution in [0.2, 0.25) is 5.15 Å². The summed E-state index contributed by atoms with van der Waals surface area (Å²) < 4.78 is 5.07. The average molecular weight is 266 g/mol. The van der Waals surface area contributed by atoms with Gasteiger partial charge in [-0.25, -0.2) is 9.97 Å². The molecule has 2 aromatic heterocycles. The van der Waals surface area contributed by atoms with Gasteiger partial charge in [-0.15, -0.1) is 0 Å². The lowest BCUT2D eigenvalue weighted by molar-refractivity contribution is 0.563. The quantitative estimate of drug-likeness (QED) is 0.794. The van der Waals surface area contributed by atoms with Crippen molar-refractivity contribution in [2.45, 2.75) is 26.3 Å². The second kappa shape index (κ2) is 5.40. The van der Waals surface area contributed by atoms with E-state index in [0.717, 1.165) is 23.5 Å². The molecule has 0 aromatic carbocycles. The molecule has 96 valence electrons. The molecule has 0 N–H and O–H groups in total. The van der Waals surface area contributed by atoms with Crippen LogP contribution in [0, 0.1) is 0 Å². The number of nitrogens with zero attached hydrogens (tertiary/aromatic N) is 3. The van der Waals surface area contributed by atoms with Gasteiger partial charge in [0.25, 0.3) is 0 Å². The Labute approximate surface area is 112 Å². The summed E-state index contributed by atoms with van der Waals surface area (Å²) in [5, 5.41) is 0.522. The highest BCUT2D eigenvalue weighted by molar-refractivity contribution is 6.30. The fourth-order valence-corrected chi connectivity index (χ4v) is 2.24. The summed E-state index contributed by atoms with van der Waals surface area (Å²) in [4.78, 5) is 10.4. The molecule has 0 saturated carbocycles. The van der Waals surface area contributed by atoms with Crippen molar-refractivity contribution in [3.63, 3.8) is 0 Å². The Hall–Kier alpha value is -1.55. The Morgan fingerprint density at radius 1 is 1.39 bits per heavy atom. The van der Waals surface area contributed by atoms with E-state index in [1.165, 1.54) is 6.33 Å². The van der Waals surface area contributed by atoms with Crippen molar-refractivity contribution in [3.8, 4) is 0 Å². The SMILES string of the molecule is CC(C)c1c(Cl)ncnc1N(C)Cc1ccoc1. The Morgan fingerprint density at radius 2 is 2.17 bits per heavy atom. The molecule has 2 aromatic rings. The normalized spacial score (nSPS) is 10.9. The molecule has 0 fully saturated rings. The molecule has 18 heavy (non-hydrogen) atoms. The van der Waals surface area contributed by atoms with Gasteiger partial charge >= 0.3 is 0 Å². The second-order valence-corrected chi connectivity index (χ2v) is 4.90. The second-order valence-electron chi connectivity index (χ2n) is 4.54. The number of rotatable bonds is 4. The summed E-state index contributed by atoms with van der Waals surface area (Å²) >= 11 is 6.15. The van der Waals surface area contributed by atoms with Gasteiger partial charge in [-0.05, 0) is 12.0 Å². The minimum atomic E-state index is 0.278. The first-order valence-corrected chi connectivity index (χ1v) is 6.20. The third-order valence-electron chi connectivity index (χ3n) is 2.75. The van der Waals surface area contributed by atoms with Gasteiger partial charge in [0.05, 0.1) is 12.5 Å². The van der Waals surface area contributed by atoms with Gasteiger partial charge in [-0.1, -0.05) is 25.4 Å². The van der Waals surface area contributed by atoms with E-state index in [1.54, 1.807) is 12.5 Å². The highest BCUT2D eigenvalue weighted by Gasteiger charge is 2.16. The molecular weight excluding hydrogens is 250 g/mol. The van der Waals surface area contributed by atoms with Gasteiger partial charge < -0.3 is 9.32 Å². The van der Waals surface area contributed by atoms with E-state index in [0.29, 0.717) is 5.15 Å². The van der Waals surface area contributed by atoms with Crippen LogP contribution < -0.4 is 4.90 Å². The molecule has 0 atom stereocenters. The van der Waals surface area contributed by atoms with Crippen LogP contribution in [0.25, 0.3) is 0 Å². The van der Waals surface area contributed by atoms with Crippen LogP contribution in [0.1, 0.15) is 30.9 Å². The predicted molar refractivity (Wildman–Crippen MR) is 71.9 cm³/mol. The number of furan rings is 1. The maximum Gasteiger partial charge on any atom is 0.138 e. The summed E-state index contributed by atoms with van der Waals surface area (Å²) in [6, 6.07) is 1.94. The van der Waals surface area contributed by atoms with Crippen LogP contribution in [0.3, 0.4) is 0 Å². The van der Waals surface area contributed by atoms with Gasteiger partial charge in [0, 0.05) is 24.7 Å². The van der Waals surface area contributed by atoms with Crippen LogP contribution in [0.5, 0.6) is 0 Å². The molecular formula is C13H16ClN3O. The van der Waals surface area contributed by atoms with Gasteiger partial charge in [-0.2, -0.15) is 0 Å². The third kappa shape index (κ3) is 2.64. The zero-order valence-corrected chi connectivity index (χ0v) is 11.5. The fourth-order valence-electron chi connectivity index (χ4n) is 1.90. The lowest BCUT2D eigenvalue weighted by Gasteiger charge is -2.22. The molecule has 0 saturated heterocycles. The van der Waals surface area contributed by atoms with E-state index < -0.39 is 0 Å². The van der Waals surface area contributed by atoms with E-state index in [1.807, 2.05) is 18.0 Å². The van der Waals surface area contributed by atoms with E-state index in [4.69, 9.17) is 16.0 Å². The molecule has 0 bridgehead atoms. The maximum atomic E-state index is 6.15. The molecule has 4 nitrogen and oxygen atoms in total. The molecule has 0 spiro atoms. The fraction of sp³-hybridized carbons (Fsp3) is 0.385. The Bertz CT molecular complexity index is 511. The molecule has 5 heteroatoms. The first-order valence-electron chi connectivity index (χ1n) is 5.82. The van der Waals surface area contributed by atoms with Crippen LogP contribution >= 0.6 is 11.6 Å². The predicted octanol–water partition coefficient (Wildman–Crippen LogP) is 3.48. The maximum absolute atomic E-state index is 6.15. The molecule has 0 amide bonds. The average Bonchev–Trinajstić information content (AvgIpc) is 2.80. The summed E-state index contributed by atoms with van der Waals surface area (Å²) in [5.41, 5.74) is 2.08. The topological polar surface area (TPSA) is 42.2 Å². The van der Waals surface area contributed by atoms with E-state index in [2.05, 4.69) is 23.8 Å². The first-order chi connectivity index (χ1) is 8.59. The third-order valence-corrected chi connectivity index (χ3v) is 3.05. The monoisotopic (exact) mass is 265 g/mol. The van der Waals surface area contributed by atoms with E-state index >= 15 is 0 Å². The smallest absolute Gasteiger partial charge is 0.138 e.